The van der Waals surface area contributed by atoms with E-state index in [1.807, 2.05) is 12.1 Å². The Balaban J connectivity index is 1.73. The van der Waals surface area contributed by atoms with E-state index < -0.39 is 15.6 Å². The van der Waals surface area contributed by atoms with E-state index in [1.165, 1.54) is 0 Å². The predicted molar refractivity (Wildman–Crippen MR) is 115 cm³/mol. The molecule has 0 aromatic heterocycles. The Morgan fingerprint density at radius 3 is 2.55 bits per heavy atom. The Labute approximate surface area is 182 Å². The lowest BCUT2D eigenvalue weighted by atomic mass is 9.74. The molecular weight excluding hydrogens is 433 g/mol. The standard InChI is InChI=1S/C21H25Cl2NO4S/c1-27-10-11-28-15-16-4-2-5-19(12-16)29(25,26)24-21(8-3-9-21)14-17-6-7-18(22)13-20(17)23/h2,4-7,12-13,24H,3,8-11,14-15H2,1H3. The summed E-state index contributed by atoms with van der Waals surface area (Å²) in [4.78, 5) is 0.235. The molecule has 29 heavy (non-hydrogen) atoms. The van der Waals surface area contributed by atoms with Gasteiger partial charge >= 0.3 is 0 Å². The van der Waals surface area contributed by atoms with E-state index in [9.17, 15) is 8.42 Å². The van der Waals surface area contributed by atoms with Gasteiger partial charge in [-0.25, -0.2) is 13.1 Å². The van der Waals surface area contributed by atoms with Gasteiger partial charge in [-0.3, -0.25) is 0 Å². The molecule has 0 atom stereocenters. The molecule has 0 radical (unpaired) electrons. The second-order valence-electron chi connectivity index (χ2n) is 7.34. The van der Waals surface area contributed by atoms with Gasteiger partial charge in [-0.05, 0) is 61.1 Å². The highest BCUT2D eigenvalue weighted by Crippen LogP contribution is 2.38. The van der Waals surface area contributed by atoms with E-state index >= 15 is 0 Å². The summed E-state index contributed by atoms with van der Waals surface area (Å²) in [5.41, 5.74) is 1.16. The maximum Gasteiger partial charge on any atom is 0.241 e. The zero-order valence-corrected chi connectivity index (χ0v) is 18.6. The second-order valence-corrected chi connectivity index (χ2v) is 9.87. The van der Waals surface area contributed by atoms with Gasteiger partial charge in [-0.1, -0.05) is 41.4 Å². The number of nitrogens with one attached hydrogen (secondary N) is 1. The van der Waals surface area contributed by atoms with Gasteiger partial charge in [0.2, 0.25) is 10.0 Å². The van der Waals surface area contributed by atoms with Gasteiger partial charge in [0.05, 0.1) is 24.7 Å². The number of hydrogen-bond donors (Lipinski definition) is 1. The number of hydrogen-bond acceptors (Lipinski definition) is 4. The highest BCUT2D eigenvalue weighted by molar-refractivity contribution is 7.89. The molecule has 2 aromatic rings. The summed E-state index contributed by atoms with van der Waals surface area (Å²) in [6, 6.07) is 12.1. The van der Waals surface area contributed by atoms with Crippen LogP contribution < -0.4 is 4.72 Å². The minimum Gasteiger partial charge on any atom is -0.382 e. The molecule has 0 amide bonds. The first-order valence-corrected chi connectivity index (χ1v) is 11.7. The number of benzene rings is 2. The monoisotopic (exact) mass is 457 g/mol. The molecule has 0 saturated heterocycles. The first kappa shape index (κ1) is 22.5. The molecule has 3 rings (SSSR count). The normalized spacial score (nSPS) is 15.8. The molecule has 0 heterocycles. The zero-order valence-electron chi connectivity index (χ0n) is 16.3. The van der Waals surface area contributed by atoms with Crippen LogP contribution in [0.25, 0.3) is 0 Å². The molecule has 0 aliphatic heterocycles. The van der Waals surface area contributed by atoms with Gasteiger partial charge in [-0.2, -0.15) is 0 Å². The summed E-state index contributed by atoms with van der Waals surface area (Å²) in [7, 11) is -2.07. The van der Waals surface area contributed by atoms with Crippen LogP contribution >= 0.6 is 23.2 Å². The fourth-order valence-electron chi connectivity index (χ4n) is 3.43. The quantitative estimate of drug-likeness (QED) is 0.529. The van der Waals surface area contributed by atoms with Crippen molar-refractivity contribution in [2.45, 2.75) is 42.7 Å². The summed E-state index contributed by atoms with van der Waals surface area (Å²) in [6.45, 7) is 1.28. The Morgan fingerprint density at radius 1 is 1.10 bits per heavy atom. The van der Waals surface area contributed by atoms with Gasteiger partial charge in [0, 0.05) is 22.7 Å². The summed E-state index contributed by atoms with van der Waals surface area (Å²) < 4.78 is 39.5. The maximum atomic E-state index is 13.1. The third-order valence-electron chi connectivity index (χ3n) is 5.11. The summed E-state index contributed by atoms with van der Waals surface area (Å²) >= 11 is 12.3. The lowest BCUT2D eigenvalue weighted by molar-refractivity contribution is 0.0616. The molecule has 0 bridgehead atoms. The van der Waals surface area contributed by atoms with Crippen LogP contribution in [-0.2, 0) is 32.5 Å². The largest absolute Gasteiger partial charge is 0.382 e. The van der Waals surface area contributed by atoms with E-state index in [2.05, 4.69) is 4.72 Å². The summed E-state index contributed by atoms with van der Waals surface area (Å²) in [5, 5.41) is 1.12. The van der Waals surface area contributed by atoms with Crippen LogP contribution in [0.15, 0.2) is 47.4 Å². The Kier molecular flexibility index (Phi) is 7.59. The van der Waals surface area contributed by atoms with Crippen molar-refractivity contribution in [3.8, 4) is 0 Å². The van der Waals surface area contributed by atoms with Crippen molar-refractivity contribution in [2.75, 3.05) is 20.3 Å². The SMILES string of the molecule is COCCOCc1cccc(S(=O)(=O)NC2(Cc3ccc(Cl)cc3Cl)CCC2)c1. The molecule has 1 N–H and O–H groups in total. The molecule has 0 unspecified atom stereocenters. The fourth-order valence-corrected chi connectivity index (χ4v) is 5.43. The molecule has 8 heteroatoms. The van der Waals surface area contributed by atoms with Crippen molar-refractivity contribution < 1.29 is 17.9 Å². The van der Waals surface area contributed by atoms with Crippen molar-refractivity contribution in [1.82, 2.24) is 4.72 Å². The number of methoxy groups -OCH3 is 1. The average molecular weight is 458 g/mol. The lowest BCUT2D eigenvalue weighted by Gasteiger charge is -2.42. The number of halogens is 2. The first-order valence-electron chi connectivity index (χ1n) is 9.47. The van der Waals surface area contributed by atoms with E-state index in [4.69, 9.17) is 32.7 Å². The first-order chi connectivity index (χ1) is 13.8. The van der Waals surface area contributed by atoms with E-state index in [-0.39, 0.29) is 4.90 Å². The van der Waals surface area contributed by atoms with Crippen LogP contribution in [0.5, 0.6) is 0 Å². The van der Waals surface area contributed by atoms with E-state index in [0.717, 1.165) is 30.4 Å². The molecule has 0 spiro atoms. The predicted octanol–water partition coefficient (Wildman–Crippen LogP) is 4.60. The highest BCUT2D eigenvalue weighted by atomic mass is 35.5. The molecule has 1 saturated carbocycles. The van der Waals surface area contributed by atoms with Gasteiger partial charge in [0.25, 0.3) is 0 Å². The number of sulfonamides is 1. The van der Waals surface area contributed by atoms with Crippen LogP contribution in [0, 0.1) is 0 Å². The summed E-state index contributed by atoms with van der Waals surface area (Å²) in [5.74, 6) is 0. The molecular formula is C21H25Cl2NO4S. The number of ether oxygens (including phenoxy) is 2. The van der Waals surface area contributed by atoms with Crippen LogP contribution in [0.4, 0.5) is 0 Å². The van der Waals surface area contributed by atoms with E-state index in [1.54, 1.807) is 37.4 Å². The highest BCUT2D eigenvalue weighted by Gasteiger charge is 2.41. The molecule has 2 aromatic carbocycles. The number of rotatable bonds is 10. The van der Waals surface area contributed by atoms with Crippen molar-refractivity contribution >= 4 is 33.2 Å². The molecule has 1 fully saturated rings. The van der Waals surface area contributed by atoms with Crippen LogP contribution in [0.2, 0.25) is 10.0 Å². The van der Waals surface area contributed by atoms with Gasteiger partial charge in [0.1, 0.15) is 0 Å². The molecule has 1 aliphatic carbocycles. The van der Waals surface area contributed by atoms with Crippen LogP contribution in [0.1, 0.15) is 30.4 Å². The third-order valence-corrected chi connectivity index (χ3v) is 7.28. The zero-order chi connectivity index (χ0) is 20.9. The second kappa shape index (κ2) is 9.77. The van der Waals surface area contributed by atoms with E-state index in [0.29, 0.717) is 36.3 Å². The van der Waals surface area contributed by atoms with Crippen molar-refractivity contribution in [3.05, 3.63) is 63.6 Å². The minimum absolute atomic E-state index is 0.235. The van der Waals surface area contributed by atoms with Gasteiger partial charge in [-0.15, -0.1) is 0 Å². The topological polar surface area (TPSA) is 64.6 Å². The van der Waals surface area contributed by atoms with Crippen LogP contribution in [0.3, 0.4) is 0 Å². The smallest absolute Gasteiger partial charge is 0.241 e. The molecule has 5 nitrogen and oxygen atoms in total. The van der Waals surface area contributed by atoms with Crippen molar-refractivity contribution in [3.63, 3.8) is 0 Å². The van der Waals surface area contributed by atoms with Gasteiger partial charge in [0.15, 0.2) is 0 Å². The third kappa shape index (κ3) is 5.94. The Bertz CT molecular complexity index is 945. The Hall–Kier alpha value is -1.15. The summed E-state index contributed by atoms with van der Waals surface area (Å²) in [6.07, 6.45) is 3.04. The van der Waals surface area contributed by atoms with Crippen molar-refractivity contribution in [2.24, 2.45) is 0 Å². The molecule has 1 aliphatic rings. The van der Waals surface area contributed by atoms with Crippen LogP contribution in [-0.4, -0.2) is 34.3 Å². The lowest BCUT2D eigenvalue weighted by Crippen LogP contribution is -2.54. The van der Waals surface area contributed by atoms with Gasteiger partial charge < -0.3 is 9.47 Å². The minimum atomic E-state index is -3.68. The maximum absolute atomic E-state index is 13.1. The Morgan fingerprint density at radius 2 is 1.90 bits per heavy atom. The molecule has 158 valence electrons. The van der Waals surface area contributed by atoms with Crippen molar-refractivity contribution in [1.29, 1.82) is 0 Å². The fraction of sp³-hybridized carbons (Fsp3) is 0.429. The average Bonchev–Trinajstić information content (AvgIpc) is 2.65.